The summed E-state index contributed by atoms with van der Waals surface area (Å²) in [6, 6.07) is 6.21. The molecular weight excluding hydrogens is 442 g/mol. The molecule has 0 bridgehead atoms. The molecule has 31 heavy (non-hydrogen) atoms. The fraction of sp³-hybridized carbons (Fsp3) is 0.400. The van der Waals surface area contributed by atoms with Gasteiger partial charge in [-0.3, -0.25) is 4.98 Å². The predicted molar refractivity (Wildman–Crippen MR) is 142 cm³/mol. The average Bonchev–Trinajstić information content (AvgIpc) is 2.95. The van der Waals surface area contributed by atoms with Crippen molar-refractivity contribution in [2.75, 3.05) is 30.5 Å². The molecule has 6 heteroatoms. The Hall–Kier alpha value is -1.40. The highest BCUT2D eigenvalue weighted by Gasteiger charge is 2.30. The fourth-order valence-corrected chi connectivity index (χ4v) is 6.87. The van der Waals surface area contributed by atoms with Gasteiger partial charge < -0.3 is 9.46 Å². The van der Waals surface area contributed by atoms with Crippen molar-refractivity contribution in [2.45, 2.75) is 33.1 Å². The van der Waals surface area contributed by atoms with Crippen molar-refractivity contribution in [2.24, 2.45) is 5.92 Å². The van der Waals surface area contributed by atoms with Crippen LogP contribution >= 0.6 is 28.0 Å². The Morgan fingerprint density at radius 3 is 2.87 bits per heavy atom. The summed E-state index contributed by atoms with van der Waals surface area (Å²) in [4.78, 5) is 7.19. The number of fused-ring (bicyclic) bond motifs is 1. The van der Waals surface area contributed by atoms with Crippen LogP contribution in [0.25, 0.3) is 10.9 Å². The molecule has 0 spiro atoms. The molecule has 3 rings (SSSR count). The summed E-state index contributed by atoms with van der Waals surface area (Å²) in [5.41, 5.74) is 3.00. The monoisotopic (exact) mass is 474 g/mol. The molecule has 2 aromatic rings. The molecule has 1 aliphatic heterocycles. The van der Waals surface area contributed by atoms with Gasteiger partial charge in [-0.1, -0.05) is 49.4 Å². The van der Waals surface area contributed by atoms with E-state index < -0.39 is 7.14 Å². The smallest absolute Gasteiger partial charge is 0.143 e. The number of aromatic nitrogens is 1. The molecule has 3 unspecified atom stereocenters. The molecular formula is C25H33ClN2OP2. The van der Waals surface area contributed by atoms with E-state index >= 15 is 0 Å². The molecule has 1 aromatic carbocycles. The van der Waals surface area contributed by atoms with Gasteiger partial charge in [0, 0.05) is 35.9 Å². The molecule has 3 atom stereocenters. The molecule has 2 heterocycles. The Kier molecular flexibility index (Phi) is 8.19. The van der Waals surface area contributed by atoms with Crippen LogP contribution in [-0.4, -0.2) is 30.6 Å². The van der Waals surface area contributed by atoms with Gasteiger partial charge in [0.15, 0.2) is 0 Å². The van der Waals surface area contributed by atoms with Crippen LogP contribution in [0.2, 0.25) is 0 Å². The first-order valence-corrected chi connectivity index (χ1v) is 14.1. The quantitative estimate of drug-likeness (QED) is 0.282. The van der Waals surface area contributed by atoms with Crippen molar-refractivity contribution >= 4 is 55.2 Å². The van der Waals surface area contributed by atoms with E-state index in [4.69, 9.17) is 16.6 Å². The molecule has 3 nitrogen and oxygen atoms in total. The third kappa shape index (κ3) is 5.33. The molecule has 0 saturated carbocycles. The van der Waals surface area contributed by atoms with E-state index in [1.165, 1.54) is 6.42 Å². The lowest BCUT2D eigenvalue weighted by molar-refractivity contribution is 0.521. The number of alkyl halides is 1. The third-order valence-electron chi connectivity index (χ3n) is 6.15. The summed E-state index contributed by atoms with van der Waals surface area (Å²) in [7, 11) is -0.156. The van der Waals surface area contributed by atoms with Crippen molar-refractivity contribution in [1.82, 2.24) is 4.98 Å². The van der Waals surface area contributed by atoms with Crippen LogP contribution in [-0.2, 0) is 4.57 Å². The standard InChI is InChI=1S/C25H33ClN2OP2/c1-5-20(16-19(3)11-13-26)31(4,29)23-17-27-24-21(9-6-10-22(24)30)25(23)28-14-7-8-18(2)12-15-28/h5-6,9-11,16-18H,1,7-8,12-15,30H2,2-4H3/b19-11-,20-16+. The number of hydrogen-bond acceptors (Lipinski definition) is 3. The van der Waals surface area contributed by atoms with E-state index in [-0.39, 0.29) is 0 Å². The lowest BCUT2D eigenvalue weighted by Crippen LogP contribution is -2.30. The zero-order chi connectivity index (χ0) is 22.6. The van der Waals surface area contributed by atoms with Gasteiger partial charge in [0.25, 0.3) is 0 Å². The number of allylic oxidation sites excluding steroid dienone is 5. The second kappa shape index (κ2) is 10.5. The summed E-state index contributed by atoms with van der Waals surface area (Å²) in [5.74, 6) is 1.13. The second-order valence-corrected chi connectivity index (χ2v) is 12.3. The maximum absolute atomic E-state index is 14.4. The van der Waals surface area contributed by atoms with E-state index in [0.29, 0.717) is 11.8 Å². The van der Waals surface area contributed by atoms with E-state index in [1.54, 1.807) is 6.08 Å². The number of benzene rings is 1. The number of anilines is 1. The van der Waals surface area contributed by atoms with E-state index in [1.807, 2.05) is 31.9 Å². The molecule has 1 fully saturated rings. The number of hydrogen-bond donors (Lipinski definition) is 0. The number of para-hydroxylation sites is 1. The van der Waals surface area contributed by atoms with E-state index in [0.717, 1.165) is 64.0 Å². The lowest BCUT2D eigenvalue weighted by Gasteiger charge is -2.29. The second-order valence-electron chi connectivity index (χ2n) is 8.56. The highest BCUT2D eigenvalue weighted by molar-refractivity contribution is 7.75. The zero-order valence-electron chi connectivity index (χ0n) is 18.8. The van der Waals surface area contributed by atoms with Crippen molar-refractivity contribution in [3.05, 3.63) is 60.1 Å². The van der Waals surface area contributed by atoms with Gasteiger partial charge in [0.2, 0.25) is 0 Å². The van der Waals surface area contributed by atoms with Crippen LogP contribution in [0.1, 0.15) is 33.1 Å². The summed E-state index contributed by atoms with van der Waals surface area (Å²) >= 11 is 5.87. The van der Waals surface area contributed by atoms with Gasteiger partial charge in [-0.2, -0.15) is 0 Å². The largest absolute Gasteiger partial charge is 0.370 e. The first-order chi connectivity index (χ1) is 14.8. The number of pyridine rings is 1. The minimum Gasteiger partial charge on any atom is -0.370 e. The topological polar surface area (TPSA) is 33.2 Å². The Morgan fingerprint density at radius 1 is 1.39 bits per heavy atom. The molecule has 1 aliphatic rings. The first kappa shape index (κ1) is 24.2. The van der Waals surface area contributed by atoms with Crippen LogP contribution in [0, 0.1) is 5.92 Å². The Labute approximate surface area is 194 Å². The van der Waals surface area contributed by atoms with E-state index in [2.05, 4.69) is 45.8 Å². The number of halogens is 1. The third-order valence-corrected chi connectivity index (χ3v) is 9.31. The Bertz CT molecular complexity index is 1080. The summed E-state index contributed by atoms with van der Waals surface area (Å²) in [5, 5.41) is 3.67. The van der Waals surface area contributed by atoms with Crippen LogP contribution in [0.3, 0.4) is 0 Å². The molecule has 0 amide bonds. The highest BCUT2D eigenvalue weighted by atomic mass is 35.5. The SMILES string of the molecule is C=C/C(=C\C(C)=C/CCl)P(C)(=O)c1cnc2c(P)cccc2c1N1CCCC(C)CC1. The highest BCUT2D eigenvalue weighted by Crippen LogP contribution is 2.53. The van der Waals surface area contributed by atoms with Crippen molar-refractivity contribution < 1.29 is 4.57 Å². The molecule has 0 N–H and O–H groups in total. The fourth-order valence-electron chi connectivity index (χ4n) is 4.26. The zero-order valence-corrected chi connectivity index (χ0v) is 21.6. The molecule has 1 saturated heterocycles. The van der Waals surface area contributed by atoms with Crippen LogP contribution < -0.4 is 15.5 Å². The maximum Gasteiger partial charge on any atom is 0.143 e. The predicted octanol–water partition coefficient (Wildman–Crippen LogP) is 6.23. The van der Waals surface area contributed by atoms with Crippen molar-refractivity contribution in [3.8, 4) is 0 Å². The van der Waals surface area contributed by atoms with Gasteiger partial charge in [0.1, 0.15) is 7.14 Å². The van der Waals surface area contributed by atoms with Gasteiger partial charge in [0.05, 0.1) is 16.5 Å². The van der Waals surface area contributed by atoms with Crippen LogP contribution in [0.5, 0.6) is 0 Å². The van der Waals surface area contributed by atoms with Gasteiger partial charge in [-0.15, -0.1) is 20.8 Å². The minimum absolute atomic E-state index is 0.423. The number of rotatable bonds is 6. The normalized spacial score (nSPS) is 20.4. The van der Waals surface area contributed by atoms with Crippen molar-refractivity contribution in [3.63, 3.8) is 0 Å². The minimum atomic E-state index is -2.94. The van der Waals surface area contributed by atoms with Crippen molar-refractivity contribution in [1.29, 1.82) is 0 Å². The molecule has 166 valence electrons. The first-order valence-electron chi connectivity index (χ1n) is 10.9. The summed E-state index contributed by atoms with van der Waals surface area (Å²) in [6.07, 6.45) is 10.9. The molecule has 1 aromatic heterocycles. The van der Waals surface area contributed by atoms with Crippen LogP contribution in [0.15, 0.2) is 60.1 Å². The summed E-state index contributed by atoms with van der Waals surface area (Å²) in [6.45, 7) is 12.0. The van der Waals surface area contributed by atoms with Gasteiger partial charge in [-0.25, -0.2) is 0 Å². The maximum atomic E-state index is 14.4. The van der Waals surface area contributed by atoms with Crippen LogP contribution in [0.4, 0.5) is 5.69 Å². The molecule has 0 aliphatic carbocycles. The Morgan fingerprint density at radius 2 is 2.16 bits per heavy atom. The summed E-state index contributed by atoms with van der Waals surface area (Å²) < 4.78 is 14.4. The number of nitrogens with zero attached hydrogens (tertiary/aromatic N) is 2. The van der Waals surface area contributed by atoms with E-state index in [9.17, 15) is 4.57 Å². The average molecular weight is 475 g/mol. The van der Waals surface area contributed by atoms with Gasteiger partial charge >= 0.3 is 0 Å². The molecule has 0 radical (unpaired) electrons. The van der Waals surface area contributed by atoms with Gasteiger partial charge in [-0.05, 0) is 50.1 Å². The Balaban J connectivity index is 2.25. The lowest BCUT2D eigenvalue weighted by atomic mass is 10.0.